The third-order valence-corrected chi connectivity index (χ3v) is 7.32. The van der Waals surface area contributed by atoms with Crippen molar-refractivity contribution in [2.75, 3.05) is 24.3 Å². The van der Waals surface area contributed by atoms with Gasteiger partial charge in [0.05, 0.1) is 41.8 Å². The fourth-order valence-electron chi connectivity index (χ4n) is 4.50. The van der Waals surface area contributed by atoms with Crippen LogP contribution in [0.1, 0.15) is 44.0 Å². The molecule has 1 aliphatic heterocycles. The van der Waals surface area contributed by atoms with Crippen molar-refractivity contribution in [3.8, 4) is 5.69 Å². The van der Waals surface area contributed by atoms with Crippen molar-refractivity contribution in [1.29, 1.82) is 0 Å². The van der Waals surface area contributed by atoms with Gasteiger partial charge in [-0.2, -0.15) is 5.10 Å². The third kappa shape index (κ3) is 5.85. The lowest BCUT2D eigenvalue weighted by molar-refractivity contribution is -0.147. The normalized spacial score (nSPS) is 16.0. The first-order valence-electron chi connectivity index (χ1n) is 12.4. The number of nitrogens with zero attached hydrogens (tertiary/aromatic N) is 4. The number of amides is 2. The van der Waals surface area contributed by atoms with Crippen LogP contribution < -0.4 is 10.2 Å². The Labute approximate surface area is 220 Å². The lowest BCUT2D eigenvalue weighted by Gasteiger charge is -2.33. The molecule has 2 amide bonds. The number of hydrogen-bond donors (Lipinski definition) is 1. The first-order valence-corrected chi connectivity index (χ1v) is 14.2. The standard InChI is InChI=1S/C26H30FN5O5S/c1-4-6-21(17-11-12-28-24(14-17)38(3,35)36)30-26(34)31-16-18(25(33)37-5-2)13-22-23(31)15-29-32(22)20-9-7-19(27)8-10-20/h7-12,14-15,18,21H,4-6,13,16H2,1-3H3,(H,30,34)/t18?,21-/m0/s1. The summed E-state index contributed by atoms with van der Waals surface area (Å²) in [4.78, 5) is 31.8. The minimum atomic E-state index is -3.53. The van der Waals surface area contributed by atoms with Crippen LogP contribution >= 0.6 is 0 Å². The van der Waals surface area contributed by atoms with Crippen LogP contribution in [0.3, 0.4) is 0 Å². The molecular weight excluding hydrogens is 513 g/mol. The molecule has 0 saturated carbocycles. The molecule has 1 unspecified atom stereocenters. The van der Waals surface area contributed by atoms with Crippen molar-refractivity contribution in [2.24, 2.45) is 5.92 Å². The fraction of sp³-hybridized carbons (Fsp3) is 0.385. The average Bonchev–Trinajstić information content (AvgIpc) is 3.32. The largest absolute Gasteiger partial charge is 0.466 e. The van der Waals surface area contributed by atoms with E-state index in [-0.39, 0.29) is 24.6 Å². The van der Waals surface area contributed by atoms with Crippen molar-refractivity contribution in [2.45, 2.75) is 44.2 Å². The lowest BCUT2D eigenvalue weighted by Crippen LogP contribution is -2.48. The highest BCUT2D eigenvalue weighted by Gasteiger charge is 2.37. The zero-order valence-corrected chi connectivity index (χ0v) is 22.2. The molecule has 0 aliphatic carbocycles. The lowest BCUT2D eigenvalue weighted by atomic mass is 9.97. The quantitative estimate of drug-likeness (QED) is 0.431. The molecule has 202 valence electrons. The highest BCUT2D eigenvalue weighted by atomic mass is 32.2. The number of aromatic nitrogens is 3. The number of benzene rings is 1. The summed E-state index contributed by atoms with van der Waals surface area (Å²) in [5.74, 6) is -1.45. The molecule has 3 heterocycles. The SMILES string of the molecule is CCC[C@H](NC(=O)N1CC(C(=O)OCC)Cc2c1cnn2-c1ccc(F)cc1)c1ccnc(S(C)(=O)=O)c1. The molecule has 0 spiro atoms. The number of anilines is 1. The summed E-state index contributed by atoms with van der Waals surface area (Å²) < 4.78 is 44.4. The predicted octanol–water partition coefficient (Wildman–Crippen LogP) is 3.60. The van der Waals surface area contributed by atoms with Crippen LogP contribution in [0.25, 0.3) is 5.69 Å². The molecule has 2 aromatic heterocycles. The highest BCUT2D eigenvalue weighted by molar-refractivity contribution is 7.90. The van der Waals surface area contributed by atoms with Crippen molar-refractivity contribution in [3.05, 3.63) is 65.9 Å². The Balaban J connectivity index is 1.68. The van der Waals surface area contributed by atoms with Gasteiger partial charge in [0.1, 0.15) is 5.82 Å². The number of nitrogens with one attached hydrogen (secondary N) is 1. The zero-order valence-electron chi connectivity index (χ0n) is 21.4. The number of sulfone groups is 1. The maximum atomic E-state index is 13.7. The first kappa shape index (κ1) is 27.2. The summed E-state index contributed by atoms with van der Waals surface area (Å²) in [7, 11) is -3.53. The summed E-state index contributed by atoms with van der Waals surface area (Å²) >= 11 is 0. The molecule has 3 aromatic rings. The van der Waals surface area contributed by atoms with E-state index in [1.807, 2.05) is 6.92 Å². The second kappa shape index (κ2) is 11.3. The van der Waals surface area contributed by atoms with Crippen LogP contribution in [0.4, 0.5) is 14.9 Å². The Bertz CT molecular complexity index is 1420. The fourth-order valence-corrected chi connectivity index (χ4v) is 5.10. The Morgan fingerprint density at radius 3 is 2.61 bits per heavy atom. The molecule has 0 saturated heterocycles. The number of urea groups is 1. The maximum Gasteiger partial charge on any atom is 0.322 e. The summed E-state index contributed by atoms with van der Waals surface area (Å²) in [6.45, 7) is 3.96. The third-order valence-electron chi connectivity index (χ3n) is 6.33. The van der Waals surface area contributed by atoms with Crippen LogP contribution in [0.15, 0.2) is 53.8 Å². The summed E-state index contributed by atoms with van der Waals surface area (Å²) in [6, 6.07) is 7.95. The minimum Gasteiger partial charge on any atom is -0.466 e. The minimum absolute atomic E-state index is 0.0754. The van der Waals surface area contributed by atoms with Gasteiger partial charge >= 0.3 is 12.0 Å². The van der Waals surface area contributed by atoms with E-state index in [9.17, 15) is 22.4 Å². The number of rotatable bonds is 8. The molecule has 4 rings (SSSR count). The molecule has 0 fully saturated rings. The number of hydrogen-bond acceptors (Lipinski definition) is 7. The maximum absolute atomic E-state index is 13.7. The van der Waals surface area contributed by atoms with Gasteiger partial charge in [0.25, 0.3) is 0 Å². The average molecular weight is 544 g/mol. The van der Waals surface area contributed by atoms with Crippen LogP contribution in [0, 0.1) is 11.7 Å². The summed E-state index contributed by atoms with van der Waals surface area (Å²) in [5, 5.41) is 7.35. The van der Waals surface area contributed by atoms with Gasteiger partial charge in [0.2, 0.25) is 0 Å². The topological polar surface area (TPSA) is 123 Å². The van der Waals surface area contributed by atoms with Gasteiger partial charge in [0, 0.05) is 25.4 Å². The van der Waals surface area contributed by atoms with E-state index in [1.54, 1.807) is 36.0 Å². The van der Waals surface area contributed by atoms with Gasteiger partial charge in [-0.3, -0.25) is 9.69 Å². The van der Waals surface area contributed by atoms with E-state index < -0.39 is 39.6 Å². The number of carbonyl (C=O) groups excluding carboxylic acids is 2. The van der Waals surface area contributed by atoms with Gasteiger partial charge in [-0.1, -0.05) is 13.3 Å². The summed E-state index contributed by atoms with van der Waals surface area (Å²) in [6.07, 6.45) is 5.59. The number of carbonyl (C=O) groups is 2. The number of ether oxygens (including phenoxy) is 1. The highest BCUT2D eigenvalue weighted by Crippen LogP contribution is 2.33. The van der Waals surface area contributed by atoms with E-state index in [0.717, 1.165) is 12.7 Å². The van der Waals surface area contributed by atoms with Gasteiger partial charge in [-0.25, -0.2) is 27.3 Å². The van der Waals surface area contributed by atoms with Crippen LogP contribution in [0.5, 0.6) is 0 Å². The molecule has 1 N–H and O–H groups in total. The van der Waals surface area contributed by atoms with E-state index in [4.69, 9.17) is 4.74 Å². The Hall–Kier alpha value is -3.80. The van der Waals surface area contributed by atoms with Crippen molar-refractivity contribution in [1.82, 2.24) is 20.1 Å². The van der Waals surface area contributed by atoms with Crippen molar-refractivity contribution >= 4 is 27.5 Å². The number of halogens is 1. The number of fused-ring (bicyclic) bond motifs is 1. The van der Waals surface area contributed by atoms with Gasteiger partial charge in [-0.15, -0.1) is 0 Å². The molecule has 0 bridgehead atoms. The molecule has 12 heteroatoms. The monoisotopic (exact) mass is 543 g/mol. The van der Waals surface area contributed by atoms with E-state index in [1.165, 1.54) is 29.3 Å². The Morgan fingerprint density at radius 1 is 1.21 bits per heavy atom. The second-order valence-electron chi connectivity index (χ2n) is 9.12. The van der Waals surface area contributed by atoms with Gasteiger partial charge in [-0.05, 0) is 55.3 Å². The molecule has 0 radical (unpaired) electrons. The van der Waals surface area contributed by atoms with E-state index in [0.29, 0.717) is 29.1 Å². The van der Waals surface area contributed by atoms with Gasteiger partial charge in [0.15, 0.2) is 14.9 Å². The molecule has 2 atom stereocenters. The smallest absolute Gasteiger partial charge is 0.322 e. The van der Waals surface area contributed by atoms with Crippen LogP contribution in [0.2, 0.25) is 0 Å². The Kier molecular flexibility index (Phi) is 8.10. The van der Waals surface area contributed by atoms with E-state index in [2.05, 4.69) is 15.4 Å². The molecule has 1 aromatic carbocycles. The molecule has 38 heavy (non-hydrogen) atoms. The number of esters is 1. The van der Waals surface area contributed by atoms with Crippen LogP contribution in [-0.4, -0.2) is 54.6 Å². The predicted molar refractivity (Wildman–Crippen MR) is 138 cm³/mol. The summed E-state index contributed by atoms with van der Waals surface area (Å²) in [5.41, 5.74) is 2.34. The number of pyridine rings is 1. The van der Waals surface area contributed by atoms with E-state index >= 15 is 0 Å². The molecule has 10 nitrogen and oxygen atoms in total. The van der Waals surface area contributed by atoms with Crippen molar-refractivity contribution < 1.29 is 27.1 Å². The van der Waals surface area contributed by atoms with Crippen LogP contribution in [-0.2, 0) is 25.8 Å². The Morgan fingerprint density at radius 2 is 1.95 bits per heavy atom. The van der Waals surface area contributed by atoms with Gasteiger partial charge < -0.3 is 10.1 Å². The zero-order chi connectivity index (χ0) is 27.4. The first-order chi connectivity index (χ1) is 18.1. The second-order valence-corrected chi connectivity index (χ2v) is 11.1. The molecule has 1 aliphatic rings. The van der Waals surface area contributed by atoms with Crippen molar-refractivity contribution in [3.63, 3.8) is 0 Å². The molecular formula is C26H30FN5O5S.